The first-order valence-electron chi connectivity index (χ1n) is 4.21. The molecule has 0 atom stereocenters. The van der Waals surface area contributed by atoms with Crippen LogP contribution in [0.4, 0.5) is 0 Å². The Morgan fingerprint density at radius 3 is 2.93 bits per heavy atom. The van der Waals surface area contributed by atoms with Gasteiger partial charge in [0.2, 0.25) is 0 Å². The van der Waals surface area contributed by atoms with Gasteiger partial charge in [-0.1, -0.05) is 11.6 Å². The first-order chi connectivity index (χ1) is 6.74. The van der Waals surface area contributed by atoms with E-state index in [9.17, 15) is 4.79 Å². The van der Waals surface area contributed by atoms with E-state index in [0.717, 1.165) is 12.2 Å². The molecule has 0 fully saturated rings. The molecule has 0 aromatic carbocycles. The number of rotatable bonds is 6. The van der Waals surface area contributed by atoms with Gasteiger partial charge in [0.1, 0.15) is 0 Å². The zero-order chi connectivity index (χ0) is 10.4. The molecule has 0 bridgehead atoms. The van der Waals surface area contributed by atoms with E-state index in [-0.39, 0.29) is 12.4 Å². The molecule has 5 heteroatoms. The highest BCUT2D eigenvalue weighted by Crippen LogP contribution is 2.22. The number of hydrogen-bond donors (Lipinski definition) is 1. The molecule has 0 aliphatic carbocycles. The van der Waals surface area contributed by atoms with Crippen molar-refractivity contribution in [1.29, 1.82) is 0 Å². The van der Waals surface area contributed by atoms with Crippen molar-refractivity contribution in [2.45, 2.75) is 6.42 Å². The van der Waals surface area contributed by atoms with Crippen LogP contribution in [0.5, 0.6) is 0 Å². The van der Waals surface area contributed by atoms with Crippen molar-refractivity contribution < 1.29 is 9.90 Å². The summed E-state index contributed by atoms with van der Waals surface area (Å²) in [6, 6.07) is 3.49. The van der Waals surface area contributed by atoms with Crippen molar-refractivity contribution >= 4 is 40.5 Å². The van der Waals surface area contributed by atoms with Crippen LogP contribution in [0.1, 0.15) is 16.1 Å². The molecule has 0 spiro atoms. The van der Waals surface area contributed by atoms with Crippen LogP contribution in [0.3, 0.4) is 0 Å². The molecule has 78 valence electrons. The molecule has 1 rings (SSSR count). The lowest BCUT2D eigenvalue weighted by Crippen LogP contribution is -2.00. The first-order valence-corrected chi connectivity index (χ1v) is 6.56. The van der Waals surface area contributed by atoms with Gasteiger partial charge in [-0.05, 0) is 24.3 Å². The molecular weight excluding hydrogens is 240 g/mol. The third-order valence-electron chi connectivity index (χ3n) is 1.53. The maximum Gasteiger partial charge on any atom is 0.182 e. The Morgan fingerprint density at radius 2 is 2.36 bits per heavy atom. The van der Waals surface area contributed by atoms with Gasteiger partial charge in [0.25, 0.3) is 0 Å². The summed E-state index contributed by atoms with van der Waals surface area (Å²) in [7, 11) is 0. The molecule has 14 heavy (non-hydrogen) atoms. The third kappa shape index (κ3) is 4.00. The lowest BCUT2D eigenvalue weighted by atomic mass is 10.4. The van der Waals surface area contributed by atoms with E-state index in [1.165, 1.54) is 11.3 Å². The van der Waals surface area contributed by atoms with Crippen LogP contribution < -0.4 is 0 Å². The molecule has 1 aromatic rings. The smallest absolute Gasteiger partial charge is 0.182 e. The Bertz CT molecular complexity index is 299. The van der Waals surface area contributed by atoms with Gasteiger partial charge < -0.3 is 5.11 Å². The van der Waals surface area contributed by atoms with E-state index in [1.807, 2.05) is 0 Å². The van der Waals surface area contributed by atoms with Crippen molar-refractivity contribution in [2.75, 3.05) is 18.1 Å². The zero-order valence-corrected chi connectivity index (χ0v) is 9.92. The van der Waals surface area contributed by atoms with E-state index in [0.29, 0.717) is 15.0 Å². The number of carbonyl (C=O) groups is 1. The normalized spacial score (nSPS) is 10.4. The molecule has 0 radical (unpaired) electrons. The molecular formula is C9H11ClO2S2. The quantitative estimate of drug-likeness (QED) is 0.623. The van der Waals surface area contributed by atoms with E-state index in [1.54, 1.807) is 23.9 Å². The molecule has 2 nitrogen and oxygen atoms in total. The largest absolute Gasteiger partial charge is 0.396 e. The van der Waals surface area contributed by atoms with Gasteiger partial charge in [0.05, 0.1) is 15.0 Å². The van der Waals surface area contributed by atoms with Gasteiger partial charge in [-0.2, -0.15) is 11.8 Å². The molecule has 1 aromatic heterocycles. The number of aliphatic hydroxyl groups excluding tert-OH is 1. The Labute approximate surface area is 96.3 Å². The van der Waals surface area contributed by atoms with Gasteiger partial charge in [-0.3, -0.25) is 4.79 Å². The standard InChI is InChI=1S/C9H11ClO2S2/c10-9-3-2-8(14-9)7(12)6-13-5-1-4-11/h2-3,11H,1,4-6H2. The van der Waals surface area contributed by atoms with Crippen molar-refractivity contribution in [3.63, 3.8) is 0 Å². The van der Waals surface area contributed by atoms with Crippen molar-refractivity contribution in [3.8, 4) is 0 Å². The highest BCUT2D eigenvalue weighted by molar-refractivity contribution is 7.99. The van der Waals surface area contributed by atoms with Gasteiger partial charge in [-0.15, -0.1) is 11.3 Å². The third-order valence-corrected chi connectivity index (χ3v) is 3.84. The van der Waals surface area contributed by atoms with Gasteiger partial charge >= 0.3 is 0 Å². The van der Waals surface area contributed by atoms with Crippen molar-refractivity contribution in [2.24, 2.45) is 0 Å². The van der Waals surface area contributed by atoms with Crippen LogP contribution in [-0.2, 0) is 0 Å². The van der Waals surface area contributed by atoms with Gasteiger partial charge in [0.15, 0.2) is 5.78 Å². The number of aliphatic hydroxyl groups is 1. The predicted molar refractivity (Wildman–Crippen MR) is 62.7 cm³/mol. The molecule has 1 heterocycles. The Kier molecular flexibility index (Phi) is 5.55. The minimum Gasteiger partial charge on any atom is -0.396 e. The molecule has 0 saturated carbocycles. The van der Waals surface area contributed by atoms with E-state index < -0.39 is 0 Å². The number of Topliss-reactive ketones (excluding diaryl/α,β-unsaturated/α-hetero) is 1. The average molecular weight is 251 g/mol. The molecule has 0 saturated heterocycles. The summed E-state index contributed by atoms with van der Waals surface area (Å²) in [6.07, 6.45) is 0.739. The second-order valence-corrected chi connectivity index (χ2v) is 5.48. The topological polar surface area (TPSA) is 37.3 Å². The fraction of sp³-hybridized carbons (Fsp3) is 0.444. The molecule has 0 aliphatic heterocycles. The van der Waals surface area contributed by atoms with Crippen LogP contribution >= 0.6 is 34.7 Å². The second kappa shape index (κ2) is 6.45. The van der Waals surface area contributed by atoms with Crippen LogP contribution in [-0.4, -0.2) is 29.0 Å². The maximum absolute atomic E-state index is 11.5. The number of carbonyl (C=O) groups excluding carboxylic acids is 1. The summed E-state index contributed by atoms with van der Waals surface area (Å²) in [4.78, 5) is 12.2. The van der Waals surface area contributed by atoms with E-state index >= 15 is 0 Å². The fourth-order valence-electron chi connectivity index (χ4n) is 0.867. The summed E-state index contributed by atoms with van der Waals surface area (Å²) in [5.74, 6) is 1.41. The number of thiophene rings is 1. The molecule has 0 amide bonds. The highest BCUT2D eigenvalue weighted by atomic mass is 35.5. The van der Waals surface area contributed by atoms with Gasteiger partial charge in [0, 0.05) is 6.61 Å². The average Bonchev–Trinajstić information content (AvgIpc) is 2.59. The SMILES string of the molecule is O=C(CSCCCO)c1ccc(Cl)s1. The fourth-order valence-corrected chi connectivity index (χ4v) is 2.76. The Balaban J connectivity index is 2.29. The number of ketones is 1. The lowest BCUT2D eigenvalue weighted by Gasteiger charge is -1.97. The first kappa shape index (κ1) is 12.0. The van der Waals surface area contributed by atoms with Crippen LogP contribution in [0, 0.1) is 0 Å². The van der Waals surface area contributed by atoms with Crippen LogP contribution in [0.15, 0.2) is 12.1 Å². The lowest BCUT2D eigenvalue weighted by molar-refractivity contribution is 0.102. The number of hydrogen-bond acceptors (Lipinski definition) is 4. The molecule has 0 aliphatic rings. The molecule has 0 unspecified atom stereocenters. The van der Waals surface area contributed by atoms with Crippen molar-refractivity contribution in [3.05, 3.63) is 21.3 Å². The Hall–Kier alpha value is -0.0300. The zero-order valence-electron chi connectivity index (χ0n) is 7.53. The minimum atomic E-state index is 0.116. The van der Waals surface area contributed by atoms with Crippen molar-refractivity contribution in [1.82, 2.24) is 0 Å². The Morgan fingerprint density at radius 1 is 1.57 bits per heavy atom. The van der Waals surface area contributed by atoms with E-state index in [2.05, 4.69) is 0 Å². The summed E-state index contributed by atoms with van der Waals surface area (Å²) in [5.41, 5.74) is 0. The summed E-state index contributed by atoms with van der Waals surface area (Å²) in [5, 5.41) is 8.54. The van der Waals surface area contributed by atoms with Crippen LogP contribution in [0.25, 0.3) is 0 Å². The van der Waals surface area contributed by atoms with Gasteiger partial charge in [-0.25, -0.2) is 0 Å². The predicted octanol–water partition coefficient (Wildman–Crippen LogP) is 2.70. The van der Waals surface area contributed by atoms with Crippen LogP contribution in [0.2, 0.25) is 4.34 Å². The summed E-state index contributed by atoms with van der Waals surface area (Å²) in [6.45, 7) is 0.187. The highest BCUT2D eigenvalue weighted by Gasteiger charge is 2.08. The summed E-state index contributed by atoms with van der Waals surface area (Å²) >= 11 is 8.57. The maximum atomic E-state index is 11.5. The van der Waals surface area contributed by atoms with E-state index in [4.69, 9.17) is 16.7 Å². The second-order valence-electron chi connectivity index (χ2n) is 2.66. The molecule has 1 N–H and O–H groups in total. The number of halogens is 1. The minimum absolute atomic E-state index is 0.116. The number of thioether (sulfide) groups is 1. The monoisotopic (exact) mass is 250 g/mol. The summed E-state index contributed by atoms with van der Waals surface area (Å²) < 4.78 is 0.647.